The predicted octanol–water partition coefficient (Wildman–Crippen LogP) is 1.65. The second-order valence-corrected chi connectivity index (χ2v) is 4.54. The molecular weight excluding hydrogens is 244 g/mol. The van der Waals surface area contributed by atoms with Crippen molar-refractivity contribution in [2.24, 2.45) is 0 Å². The summed E-state index contributed by atoms with van der Waals surface area (Å²) < 4.78 is 10.4. The zero-order chi connectivity index (χ0) is 13.2. The quantitative estimate of drug-likeness (QED) is 0.893. The van der Waals surface area contributed by atoms with Crippen LogP contribution in [-0.2, 0) is 4.74 Å². The van der Waals surface area contributed by atoms with Gasteiger partial charge in [0, 0.05) is 24.0 Å². The molecule has 1 amide bonds. The molecule has 1 aliphatic heterocycles. The van der Waals surface area contributed by atoms with E-state index in [2.05, 4.69) is 4.98 Å². The highest BCUT2D eigenvalue weighted by molar-refractivity contribution is 5.98. The Morgan fingerprint density at radius 2 is 2.11 bits per heavy atom. The number of morpholine rings is 1. The van der Waals surface area contributed by atoms with Gasteiger partial charge in [0.2, 0.25) is 0 Å². The Hall–Kier alpha value is -2.01. The maximum absolute atomic E-state index is 12.3. The predicted molar refractivity (Wildman–Crippen MR) is 71.6 cm³/mol. The van der Waals surface area contributed by atoms with Gasteiger partial charge in [-0.05, 0) is 24.3 Å². The van der Waals surface area contributed by atoms with Gasteiger partial charge >= 0.3 is 0 Å². The van der Waals surface area contributed by atoms with E-state index in [9.17, 15) is 4.79 Å². The molecule has 0 unspecified atom stereocenters. The number of hydrogen-bond acceptors (Lipinski definition) is 3. The minimum absolute atomic E-state index is 0.0264. The van der Waals surface area contributed by atoms with E-state index in [-0.39, 0.29) is 5.91 Å². The Kier molecular flexibility index (Phi) is 3.13. The molecule has 1 aromatic carbocycles. The van der Waals surface area contributed by atoms with Crippen molar-refractivity contribution >= 4 is 16.8 Å². The van der Waals surface area contributed by atoms with Crippen molar-refractivity contribution < 1.29 is 14.3 Å². The number of carbonyl (C=O) groups excluding carboxylic acids is 1. The minimum Gasteiger partial charge on any atom is -0.497 e. The first-order valence-electron chi connectivity index (χ1n) is 6.32. The van der Waals surface area contributed by atoms with E-state index in [1.165, 1.54) is 0 Å². The van der Waals surface area contributed by atoms with Crippen LogP contribution in [0.2, 0.25) is 0 Å². The topological polar surface area (TPSA) is 54.6 Å². The van der Waals surface area contributed by atoms with Gasteiger partial charge in [0.15, 0.2) is 0 Å². The molecule has 1 saturated heterocycles. The normalized spacial score (nSPS) is 15.7. The van der Waals surface area contributed by atoms with E-state index in [0.29, 0.717) is 32.0 Å². The van der Waals surface area contributed by atoms with Crippen LogP contribution in [0.1, 0.15) is 10.5 Å². The molecule has 0 saturated carbocycles. The van der Waals surface area contributed by atoms with Crippen LogP contribution >= 0.6 is 0 Å². The first kappa shape index (κ1) is 12.0. The number of ether oxygens (including phenoxy) is 2. The van der Waals surface area contributed by atoms with E-state index < -0.39 is 0 Å². The third kappa shape index (κ3) is 2.29. The Labute approximate surface area is 111 Å². The molecule has 1 N–H and O–H groups in total. The van der Waals surface area contributed by atoms with Crippen molar-refractivity contribution in [1.29, 1.82) is 0 Å². The second-order valence-electron chi connectivity index (χ2n) is 4.54. The summed E-state index contributed by atoms with van der Waals surface area (Å²) in [6.07, 6.45) is 0. The van der Waals surface area contributed by atoms with E-state index >= 15 is 0 Å². The number of aromatic nitrogens is 1. The van der Waals surface area contributed by atoms with Crippen LogP contribution in [0.3, 0.4) is 0 Å². The summed E-state index contributed by atoms with van der Waals surface area (Å²) >= 11 is 0. The molecule has 0 bridgehead atoms. The third-order valence-corrected chi connectivity index (χ3v) is 3.36. The van der Waals surface area contributed by atoms with E-state index in [1.807, 2.05) is 29.2 Å². The van der Waals surface area contributed by atoms with Crippen LogP contribution in [0.4, 0.5) is 0 Å². The number of nitrogens with zero attached hydrogens (tertiary/aromatic N) is 1. The van der Waals surface area contributed by atoms with Crippen molar-refractivity contribution in [3.8, 4) is 5.75 Å². The molecule has 5 heteroatoms. The fourth-order valence-electron chi connectivity index (χ4n) is 2.29. The van der Waals surface area contributed by atoms with Crippen LogP contribution in [0, 0.1) is 0 Å². The summed E-state index contributed by atoms with van der Waals surface area (Å²) in [5, 5.41) is 0.982. The maximum atomic E-state index is 12.3. The van der Waals surface area contributed by atoms with Gasteiger partial charge in [-0.15, -0.1) is 0 Å². The van der Waals surface area contributed by atoms with Gasteiger partial charge in [-0.3, -0.25) is 4.79 Å². The summed E-state index contributed by atoms with van der Waals surface area (Å²) in [6, 6.07) is 7.59. The first-order valence-corrected chi connectivity index (χ1v) is 6.32. The number of H-pyrrole nitrogens is 1. The third-order valence-electron chi connectivity index (χ3n) is 3.36. The van der Waals surface area contributed by atoms with Crippen molar-refractivity contribution in [1.82, 2.24) is 9.88 Å². The molecule has 5 nitrogen and oxygen atoms in total. The van der Waals surface area contributed by atoms with E-state index in [0.717, 1.165) is 16.7 Å². The number of methoxy groups -OCH3 is 1. The van der Waals surface area contributed by atoms with Crippen molar-refractivity contribution in [2.45, 2.75) is 0 Å². The molecular formula is C14H16N2O3. The Morgan fingerprint density at radius 1 is 1.32 bits per heavy atom. The molecule has 1 aromatic heterocycles. The van der Waals surface area contributed by atoms with Crippen LogP contribution in [-0.4, -0.2) is 49.2 Å². The lowest BCUT2D eigenvalue weighted by atomic mass is 10.2. The largest absolute Gasteiger partial charge is 0.497 e. The number of carbonyl (C=O) groups is 1. The molecule has 1 fully saturated rings. The minimum atomic E-state index is 0.0264. The standard InChI is InChI=1S/C14H16N2O3/c1-18-11-2-3-12-10(8-11)9-13(15-12)14(17)16-4-6-19-7-5-16/h2-3,8-9,15H,4-7H2,1H3. The number of nitrogens with one attached hydrogen (secondary N) is 1. The fraction of sp³-hybridized carbons (Fsp3) is 0.357. The number of hydrogen-bond donors (Lipinski definition) is 1. The van der Waals surface area contributed by atoms with Crippen LogP contribution in [0.15, 0.2) is 24.3 Å². The Bertz CT molecular complexity index is 600. The zero-order valence-corrected chi connectivity index (χ0v) is 10.8. The highest BCUT2D eigenvalue weighted by Gasteiger charge is 2.20. The lowest BCUT2D eigenvalue weighted by Crippen LogP contribution is -2.40. The van der Waals surface area contributed by atoms with Gasteiger partial charge < -0.3 is 19.4 Å². The first-order chi connectivity index (χ1) is 9.28. The summed E-state index contributed by atoms with van der Waals surface area (Å²) in [7, 11) is 1.63. The Morgan fingerprint density at radius 3 is 2.84 bits per heavy atom. The smallest absolute Gasteiger partial charge is 0.270 e. The number of fused-ring (bicyclic) bond motifs is 1. The van der Waals surface area contributed by atoms with Gasteiger partial charge in [0.25, 0.3) is 5.91 Å². The summed E-state index contributed by atoms with van der Waals surface area (Å²) in [4.78, 5) is 17.3. The highest BCUT2D eigenvalue weighted by Crippen LogP contribution is 2.22. The molecule has 2 heterocycles. The lowest BCUT2D eigenvalue weighted by Gasteiger charge is -2.26. The fourth-order valence-corrected chi connectivity index (χ4v) is 2.29. The summed E-state index contributed by atoms with van der Waals surface area (Å²) in [5.41, 5.74) is 1.56. The molecule has 0 aliphatic carbocycles. The van der Waals surface area contributed by atoms with Crippen molar-refractivity contribution in [3.05, 3.63) is 30.0 Å². The van der Waals surface area contributed by atoms with Gasteiger partial charge in [0.05, 0.1) is 20.3 Å². The van der Waals surface area contributed by atoms with Crippen LogP contribution in [0.5, 0.6) is 5.75 Å². The molecule has 1 aliphatic rings. The van der Waals surface area contributed by atoms with Gasteiger partial charge in [-0.1, -0.05) is 0 Å². The van der Waals surface area contributed by atoms with Crippen LogP contribution < -0.4 is 4.74 Å². The van der Waals surface area contributed by atoms with Crippen molar-refractivity contribution in [2.75, 3.05) is 33.4 Å². The lowest BCUT2D eigenvalue weighted by molar-refractivity contribution is 0.0299. The summed E-state index contributed by atoms with van der Waals surface area (Å²) in [6.45, 7) is 2.52. The van der Waals surface area contributed by atoms with Crippen LogP contribution in [0.25, 0.3) is 10.9 Å². The average molecular weight is 260 g/mol. The zero-order valence-electron chi connectivity index (χ0n) is 10.8. The summed E-state index contributed by atoms with van der Waals surface area (Å²) in [5.74, 6) is 0.815. The van der Waals surface area contributed by atoms with E-state index in [4.69, 9.17) is 9.47 Å². The van der Waals surface area contributed by atoms with Gasteiger partial charge in [-0.2, -0.15) is 0 Å². The number of rotatable bonds is 2. The van der Waals surface area contributed by atoms with Gasteiger partial charge in [-0.25, -0.2) is 0 Å². The molecule has 3 rings (SSSR count). The molecule has 0 radical (unpaired) electrons. The highest BCUT2D eigenvalue weighted by atomic mass is 16.5. The number of benzene rings is 1. The van der Waals surface area contributed by atoms with Crippen molar-refractivity contribution in [3.63, 3.8) is 0 Å². The molecule has 0 spiro atoms. The molecule has 2 aromatic rings. The van der Waals surface area contributed by atoms with Gasteiger partial charge in [0.1, 0.15) is 11.4 Å². The average Bonchev–Trinajstić information content (AvgIpc) is 2.90. The second kappa shape index (κ2) is 4.93. The number of amides is 1. The maximum Gasteiger partial charge on any atom is 0.270 e. The monoisotopic (exact) mass is 260 g/mol. The molecule has 100 valence electrons. The van der Waals surface area contributed by atoms with E-state index in [1.54, 1.807) is 7.11 Å². The number of aromatic amines is 1. The Balaban J connectivity index is 1.89. The molecule has 19 heavy (non-hydrogen) atoms. The molecule has 0 atom stereocenters. The SMILES string of the molecule is COc1ccc2[nH]c(C(=O)N3CCOCC3)cc2c1.